The number of imide groups is 1. The minimum atomic E-state index is -0.889. The normalized spacial score (nSPS) is 18.8. The van der Waals surface area contributed by atoms with E-state index < -0.39 is 17.9 Å². The van der Waals surface area contributed by atoms with Crippen molar-refractivity contribution >= 4 is 29.3 Å². The molecule has 1 heterocycles. The molecule has 6 nitrogen and oxygen atoms in total. The minimum absolute atomic E-state index is 0.000739. The average Bonchev–Trinajstić information content (AvgIpc) is 2.57. The number of hydrogen-bond donors (Lipinski definition) is 2. The van der Waals surface area contributed by atoms with Crippen LogP contribution in [0.2, 0.25) is 5.02 Å². The summed E-state index contributed by atoms with van der Waals surface area (Å²) in [5.74, 6) is -1.73. The third kappa shape index (κ3) is 2.53. The molecule has 2 N–H and O–H groups in total. The molecule has 3 amide bonds. The number of likely N-dealkylation sites (N-methyl/N-ethyl adjacent to an activating group) is 1. The number of hydrogen-bond acceptors (Lipinski definition) is 4. The molecule has 0 aromatic heterocycles. The number of rotatable bonds is 2. The van der Waals surface area contributed by atoms with E-state index in [0.29, 0.717) is 5.02 Å². The molecule has 1 atom stereocenters. The number of phenols is 1. The Bertz CT molecular complexity index is 573. The lowest BCUT2D eigenvalue weighted by Gasteiger charge is -2.11. The van der Waals surface area contributed by atoms with E-state index >= 15 is 0 Å². The molecule has 2 rings (SSSR count). The molecular weight excluding hydrogens is 272 g/mol. The number of carbonyl (C=O) groups is 3. The number of nitrogens with one attached hydrogen (secondary N) is 1. The maximum atomic E-state index is 11.9. The Morgan fingerprint density at radius 1 is 1.47 bits per heavy atom. The number of likely N-dealkylation sites (tertiary alicyclic amines) is 1. The zero-order valence-electron chi connectivity index (χ0n) is 10.0. The monoisotopic (exact) mass is 282 g/mol. The summed E-state index contributed by atoms with van der Waals surface area (Å²) in [6, 6.07) is 3.13. The minimum Gasteiger partial charge on any atom is -0.507 e. The second-order valence-corrected chi connectivity index (χ2v) is 4.62. The second-order valence-electron chi connectivity index (χ2n) is 4.18. The summed E-state index contributed by atoms with van der Waals surface area (Å²) in [6.45, 7) is 0. The number of halogens is 1. The van der Waals surface area contributed by atoms with E-state index in [9.17, 15) is 19.5 Å². The molecule has 1 aromatic rings. The smallest absolute Gasteiger partial charge is 0.255 e. The number of nitrogens with zero attached hydrogens (tertiary/aromatic N) is 1. The number of carbonyl (C=O) groups excluding carboxylic acids is 3. The molecule has 100 valence electrons. The van der Waals surface area contributed by atoms with E-state index in [-0.39, 0.29) is 23.6 Å². The van der Waals surface area contributed by atoms with Gasteiger partial charge in [-0.15, -0.1) is 0 Å². The Labute approximate surface area is 114 Å². The van der Waals surface area contributed by atoms with Gasteiger partial charge in [-0.3, -0.25) is 19.3 Å². The van der Waals surface area contributed by atoms with E-state index in [0.717, 1.165) is 4.90 Å². The number of benzene rings is 1. The Hall–Kier alpha value is -2.08. The van der Waals surface area contributed by atoms with Crippen molar-refractivity contribution in [1.82, 2.24) is 10.2 Å². The molecular formula is C12H11ClN2O4. The van der Waals surface area contributed by atoms with Crippen LogP contribution in [0.25, 0.3) is 0 Å². The fourth-order valence-electron chi connectivity index (χ4n) is 1.80. The topological polar surface area (TPSA) is 86.7 Å². The Morgan fingerprint density at radius 3 is 2.68 bits per heavy atom. The molecule has 19 heavy (non-hydrogen) atoms. The number of amides is 3. The zero-order chi connectivity index (χ0) is 14.2. The molecule has 0 bridgehead atoms. The molecule has 1 aliphatic rings. The van der Waals surface area contributed by atoms with Gasteiger partial charge < -0.3 is 10.4 Å². The van der Waals surface area contributed by atoms with Crippen LogP contribution in [-0.2, 0) is 9.59 Å². The Kier molecular flexibility index (Phi) is 3.44. The van der Waals surface area contributed by atoms with Crippen molar-refractivity contribution in [2.24, 2.45) is 0 Å². The van der Waals surface area contributed by atoms with E-state index in [2.05, 4.69) is 5.32 Å². The van der Waals surface area contributed by atoms with Crippen molar-refractivity contribution in [3.8, 4) is 5.75 Å². The van der Waals surface area contributed by atoms with Crippen LogP contribution in [0.15, 0.2) is 18.2 Å². The van der Waals surface area contributed by atoms with Crippen LogP contribution in [0.4, 0.5) is 0 Å². The molecule has 1 aliphatic heterocycles. The van der Waals surface area contributed by atoms with Gasteiger partial charge in [0.2, 0.25) is 5.91 Å². The van der Waals surface area contributed by atoms with E-state index in [1.54, 1.807) is 0 Å². The highest BCUT2D eigenvalue weighted by molar-refractivity contribution is 6.30. The number of aromatic hydroxyl groups is 1. The maximum absolute atomic E-state index is 11.9. The zero-order valence-corrected chi connectivity index (χ0v) is 10.8. The van der Waals surface area contributed by atoms with Gasteiger partial charge in [0, 0.05) is 12.1 Å². The molecule has 0 aliphatic carbocycles. The lowest BCUT2D eigenvalue weighted by Crippen LogP contribution is -2.40. The van der Waals surface area contributed by atoms with Gasteiger partial charge >= 0.3 is 0 Å². The summed E-state index contributed by atoms with van der Waals surface area (Å²) in [4.78, 5) is 35.8. The van der Waals surface area contributed by atoms with Gasteiger partial charge in [-0.1, -0.05) is 11.6 Å². The Morgan fingerprint density at radius 2 is 2.16 bits per heavy atom. The van der Waals surface area contributed by atoms with Gasteiger partial charge in [-0.25, -0.2) is 0 Å². The first-order chi connectivity index (χ1) is 8.90. The molecule has 7 heteroatoms. The summed E-state index contributed by atoms with van der Waals surface area (Å²) < 4.78 is 0. The second kappa shape index (κ2) is 4.89. The number of phenolic OH excluding ortho intramolecular Hbond substituents is 1. The predicted molar refractivity (Wildman–Crippen MR) is 66.8 cm³/mol. The quantitative estimate of drug-likeness (QED) is 0.775. The van der Waals surface area contributed by atoms with Gasteiger partial charge in [0.25, 0.3) is 11.8 Å². The van der Waals surface area contributed by atoms with E-state index in [1.165, 1.54) is 25.2 Å². The van der Waals surface area contributed by atoms with Crippen molar-refractivity contribution in [2.45, 2.75) is 12.5 Å². The molecule has 1 fully saturated rings. The van der Waals surface area contributed by atoms with Gasteiger partial charge in [-0.05, 0) is 18.2 Å². The third-order valence-electron chi connectivity index (χ3n) is 2.89. The Balaban J connectivity index is 2.14. The highest BCUT2D eigenvalue weighted by Crippen LogP contribution is 2.22. The first kappa shape index (κ1) is 13.4. The van der Waals surface area contributed by atoms with Crippen LogP contribution in [-0.4, -0.2) is 40.8 Å². The SMILES string of the molecule is CN1C(=O)CC(NC(=O)c2ccc(Cl)cc2O)C1=O. The summed E-state index contributed by atoms with van der Waals surface area (Å²) in [5, 5.41) is 12.3. The highest BCUT2D eigenvalue weighted by atomic mass is 35.5. The largest absolute Gasteiger partial charge is 0.507 e. The summed E-state index contributed by atoms with van der Waals surface area (Å²) in [7, 11) is 1.36. The lowest BCUT2D eigenvalue weighted by atomic mass is 10.1. The van der Waals surface area contributed by atoms with Crippen LogP contribution >= 0.6 is 11.6 Å². The van der Waals surface area contributed by atoms with Crippen LogP contribution < -0.4 is 5.32 Å². The van der Waals surface area contributed by atoms with Crippen molar-refractivity contribution in [3.63, 3.8) is 0 Å². The van der Waals surface area contributed by atoms with Crippen LogP contribution in [0.1, 0.15) is 16.8 Å². The summed E-state index contributed by atoms with van der Waals surface area (Å²) in [5.41, 5.74) is -0.000739. The third-order valence-corrected chi connectivity index (χ3v) is 3.13. The molecule has 0 radical (unpaired) electrons. The average molecular weight is 283 g/mol. The maximum Gasteiger partial charge on any atom is 0.255 e. The highest BCUT2D eigenvalue weighted by Gasteiger charge is 2.37. The summed E-state index contributed by atoms with van der Waals surface area (Å²) >= 11 is 5.66. The first-order valence-electron chi connectivity index (χ1n) is 5.50. The summed E-state index contributed by atoms with van der Waals surface area (Å²) in [6.07, 6.45) is -0.0740. The fraction of sp³-hybridized carbons (Fsp3) is 0.250. The predicted octanol–water partition coefficient (Wildman–Crippen LogP) is 0.533. The van der Waals surface area contributed by atoms with Crippen molar-refractivity contribution in [1.29, 1.82) is 0 Å². The van der Waals surface area contributed by atoms with Gasteiger partial charge in [0.15, 0.2) is 0 Å². The lowest BCUT2D eigenvalue weighted by molar-refractivity contribution is -0.137. The van der Waals surface area contributed by atoms with Gasteiger partial charge in [0.05, 0.1) is 12.0 Å². The van der Waals surface area contributed by atoms with Crippen molar-refractivity contribution < 1.29 is 19.5 Å². The molecule has 0 saturated carbocycles. The van der Waals surface area contributed by atoms with Crippen LogP contribution in [0.3, 0.4) is 0 Å². The van der Waals surface area contributed by atoms with E-state index in [1.807, 2.05) is 0 Å². The van der Waals surface area contributed by atoms with Crippen LogP contribution in [0, 0.1) is 0 Å². The van der Waals surface area contributed by atoms with Crippen molar-refractivity contribution in [2.75, 3.05) is 7.05 Å². The van der Waals surface area contributed by atoms with Crippen molar-refractivity contribution in [3.05, 3.63) is 28.8 Å². The fourth-order valence-corrected chi connectivity index (χ4v) is 1.97. The van der Waals surface area contributed by atoms with Gasteiger partial charge in [-0.2, -0.15) is 0 Å². The standard InChI is InChI=1S/C12H11ClN2O4/c1-15-10(17)5-8(12(15)19)14-11(18)7-3-2-6(13)4-9(7)16/h2-4,8,16H,5H2,1H3,(H,14,18). The molecule has 1 aromatic carbocycles. The van der Waals surface area contributed by atoms with Crippen LogP contribution in [0.5, 0.6) is 5.75 Å². The molecule has 0 spiro atoms. The molecule has 1 unspecified atom stereocenters. The first-order valence-corrected chi connectivity index (χ1v) is 5.87. The van der Waals surface area contributed by atoms with Gasteiger partial charge in [0.1, 0.15) is 11.8 Å². The molecule has 1 saturated heterocycles. The van der Waals surface area contributed by atoms with E-state index in [4.69, 9.17) is 11.6 Å².